The molecule has 64 valence electrons. The summed E-state index contributed by atoms with van der Waals surface area (Å²) in [6.07, 6.45) is 2.35. The molecule has 0 aliphatic heterocycles. The molecule has 0 fully saturated rings. The van der Waals surface area contributed by atoms with Crippen molar-refractivity contribution < 1.29 is 0 Å². The Hall–Kier alpha value is -1.38. The molecule has 1 rings (SSSR count). The highest BCUT2D eigenvalue weighted by Crippen LogP contribution is 1.96. The van der Waals surface area contributed by atoms with Crippen LogP contribution in [0.25, 0.3) is 0 Å². The molecule has 1 aromatic heterocycles. The predicted octanol–water partition coefficient (Wildman–Crippen LogP) is 1.16. The average Bonchev–Trinajstić information content (AvgIpc) is 2.06. The van der Waals surface area contributed by atoms with Crippen LogP contribution < -0.4 is 0 Å². The van der Waals surface area contributed by atoms with Crippen LogP contribution in [0.3, 0.4) is 0 Å². The molecule has 0 unspecified atom stereocenters. The molecule has 0 bridgehead atoms. The topological polar surface area (TPSA) is 40.0 Å². The summed E-state index contributed by atoms with van der Waals surface area (Å²) in [6.45, 7) is 0. The SMILES string of the molecule is CN(C)C(=N)Cc1ccccn1. The Bertz CT molecular complexity index is 254. The van der Waals surface area contributed by atoms with Crippen molar-refractivity contribution >= 4 is 5.84 Å². The van der Waals surface area contributed by atoms with Gasteiger partial charge in [0.1, 0.15) is 5.84 Å². The van der Waals surface area contributed by atoms with Gasteiger partial charge in [0.05, 0.1) is 0 Å². The van der Waals surface area contributed by atoms with E-state index in [-0.39, 0.29) is 0 Å². The molecule has 3 nitrogen and oxygen atoms in total. The average molecular weight is 163 g/mol. The summed E-state index contributed by atoms with van der Waals surface area (Å²) < 4.78 is 0. The van der Waals surface area contributed by atoms with Gasteiger partial charge in [-0.1, -0.05) is 6.07 Å². The molecule has 1 heterocycles. The van der Waals surface area contributed by atoms with Crippen molar-refractivity contribution in [1.82, 2.24) is 9.88 Å². The van der Waals surface area contributed by atoms with Crippen LogP contribution in [0.4, 0.5) is 0 Å². The molecule has 0 saturated carbocycles. The van der Waals surface area contributed by atoms with Gasteiger partial charge in [-0.15, -0.1) is 0 Å². The number of pyridine rings is 1. The van der Waals surface area contributed by atoms with Crippen LogP contribution in [0.1, 0.15) is 5.69 Å². The van der Waals surface area contributed by atoms with Gasteiger partial charge in [-0.3, -0.25) is 10.4 Å². The second-order valence-corrected chi connectivity index (χ2v) is 2.84. The quantitative estimate of drug-likeness (QED) is 0.525. The van der Waals surface area contributed by atoms with Gasteiger partial charge in [0.25, 0.3) is 0 Å². The molecular weight excluding hydrogens is 150 g/mol. The van der Waals surface area contributed by atoms with E-state index in [0.29, 0.717) is 12.3 Å². The van der Waals surface area contributed by atoms with Crippen LogP contribution in [0.2, 0.25) is 0 Å². The van der Waals surface area contributed by atoms with Gasteiger partial charge >= 0.3 is 0 Å². The van der Waals surface area contributed by atoms with Crippen LogP contribution in [0, 0.1) is 5.41 Å². The lowest BCUT2D eigenvalue weighted by Crippen LogP contribution is -2.23. The molecule has 1 aromatic rings. The van der Waals surface area contributed by atoms with Crippen LogP contribution in [0.5, 0.6) is 0 Å². The van der Waals surface area contributed by atoms with E-state index >= 15 is 0 Å². The van der Waals surface area contributed by atoms with Crippen LogP contribution in [0.15, 0.2) is 24.4 Å². The fraction of sp³-hybridized carbons (Fsp3) is 0.333. The van der Waals surface area contributed by atoms with Gasteiger partial charge in [0.2, 0.25) is 0 Å². The first kappa shape index (κ1) is 8.71. The Morgan fingerprint density at radius 3 is 2.75 bits per heavy atom. The lowest BCUT2D eigenvalue weighted by molar-refractivity contribution is 0.603. The number of hydrogen-bond donors (Lipinski definition) is 1. The molecule has 1 N–H and O–H groups in total. The van der Waals surface area contributed by atoms with Crippen molar-refractivity contribution in [1.29, 1.82) is 5.41 Å². The summed E-state index contributed by atoms with van der Waals surface area (Å²) in [6, 6.07) is 5.74. The van der Waals surface area contributed by atoms with Gasteiger partial charge in [-0.05, 0) is 12.1 Å². The number of rotatable bonds is 2. The summed E-state index contributed by atoms with van der Waals surface area (Å²) in [5.74, 6) is 0.578. The van der Waals surface area contributed by atoms with Crippen molar-refractivity contribution in [2.75, 3.05) is 14.1 Å². The van der Waals surface area contributed by atoms with Crippen LogP contribution in [-0.4, -0.2) is 29.8 Å². The predicted molar refractivity (Wildman–Crippen MR) is 49.4 cm³/mol. The Balaban J connectivity index is 2.59. The summed E-state index contributed by atoms with van der Waals surface area (Å²) in [5, 5.41) is 7.57. The maximum atomic E-state index is 7.57. The summed E-state index contributed by atoms with van der Waals surface area (Å²) >= 11 is 0. The molecule has 0 aliphatic carbocycles. The van der Waals surface area contributed by atoms with Crippen LogP contribution in [-0.2, 0) is 6.42 Å². The summed E-state index contributed by atoms with van der Waals surface area (Å²) in [5.41, 5.74) is 0.941. The fourth-order valence-electron chi connectivity index (χ4n) is 0.832. The van der Waals surface area contributed by atoms with E-state index in [9.17, 15) is 0 Å². The molecule has 0 saturated heterocycles. The van der Waals surface area contributed by atoms with Crippen molar-refractivity contribution in [2.24, 2.45) is 0 Å². The van der Waals surface area contributed by atoms with E-state index in [0.717, 1.165) is 5.69 Å². The van der Waals surface area contributed by atoms with Crippen molar-refractivity contribution in [3.63, 3.8) is 0 Å². The molecule has 0 amide bonds. The maximum Gasteiger partial charge on any atom is 0.101 e. The van der Waals surface area contributed by atoms with Gasteiger partial charge in [0.15, 0.2) is 0 Å². The number of amidine groups is 1. The zero-order chi connectivity index (χ0) is 8.97. The van der Waals surface area contributed by atoms with E-state index < -0.39 is 0 Å². The monoisotopic (exact) mass is 163 g/mol. The lowest BCUT2D eigenvalue weighted by atomic mass is 10.2. The summed E-state index contributed by atoms with van der Waals surface area (Å²) in [7, 11) is 3.73. The first-order chi connectivity index (χ1) is 5.70. The number of hydrogen-bond acceptors (Lipinski definition) is 2. The van der Waals surface area contributed by atoms with E-state index in [1.807, 2.05) is 32.3 Å². The lowest BCUT2D eigenvalue weighted by Gasteiger charge is -2.12. The third-order valence-electron chi connectivity index (χ3n) is 1.61. The van der Waals surface area contributed by atoms with Crippen molar-refractivity contribution in [3.05, 3.63) is 30.1 Å². The Labute approximate surface area is 72.6 Å². The third-order valence-corrected chi connectivity index (χ3v) is 1.61. The number of aromatic nitrogens is 1. The standard InChI is InChI=1S/C9H13N3/c1-12(2)9(10)7-8-5-3-4-6-11-8/h3-6,10H,7H2,1-2H3. The molecule has 0 aliphatic rings. The minimum atomic E-state index is 0.578. The van der Waals surface area contributed by atoms with E-state index in [4.69, 9.17) is 5.41 Å². The molecule has 0 atom stereocenters. The fourth-order valence-corrected chi connectivity index (χ4v) is 0.832. The van der Waals surface area contributed by atoms with Crippen LogP contribution >= 0.6 is 0 Å². The van der Waals surface area contributed by atoms with Gasteiger partial charge in [0, 0.05) is 32.4 Å². The zero-order valence-corrected chi connectivity index (χ0v) is 7.41. The molecule has 12 heavy (non-hydrogen) atoms. The second-order valence-electron chi connectivity index (χ2n) is 2.84. The molecule has 0 spiro atoms. The van der Waals surface area contributed by atoms with Crippen molar-refractivity contribution in [2.45, 2.75) is 6.42 Å². The summed E-state index contributed by atoms with van der Waals surface area (Å²) in [4.78, 5) is 5.92. The second kappa shape index (κ2) is 3.85. The van der Waals surface area contributed by atoms with E-state index in [1.54, 1.807) is 11.1 Å². The normalized spacial score (nSPS) is 9.50. The molecule has 3 heteroatoms. The number of nitrogens with one attached hydrogen (secondary N) is 1. The highest BCUT2D eigenvalue weighted by Gasteiger charge is 2.00. The first-order valence-corrected chi connectivity index (χ1v) is 3.85. The Kier molecular flexibility index (Phi) is 2.80. The molecule has 0 radical (unpaired) electrons. The number of nitrogens with zero attached hydrogens (tertiary/aromatic N) is 2. The highest BCUT2D eigenvalue weighted by atomic mass is 15.1. The molecular formula is C9H13N3. The van der Waals surface area contributed by atoms with E-state index in [1.165, 1.54) is 0 Å². The van der Waals surface area contributed by atoms with Gasteiger partial charge in [-0.2, -0.15) is 0 Å². The minimum Gasteiger partial charge on any atom is -0.366 e. The Morgan fingerprint density at radius 1 is 1.50 bits per heavy atom. The molecule has 0 aromatic carbocycles. The maximum absolute atomic E-state index is 7.57. The smallest absolute Gasteiger partial charge is 0.101 e. The van der Waals surface area contributed by atoms with Gasteiger partial charge < -0.3 is 4.90 Å². The minimum absolute atomic E-state index is 0.578. The number of likely N-dealkylation sites (N-methyl/N-ethyl adjacent to an activating group) is 1. The van der Waals surface area contributed by atoms with Crippen molar-refractivity contribution in [3.8, 4) is 0 Å². The first-order valence-electron chi connectivity index (χ1n) is 3.85. The van der Waals surface area contributed by atoms with E-state index in [2.05, 4.69) is 4.98 Å². The highest BCUT2D eigenvalue weighted by molar-refractivity contribution is 5.80. The third kappa shape index (κ3) is 2.34. The zero-order valence-electron chi connectivity index (χ0n) is 7.41. The largest absolute Gasteiger partial charge is 0.366 e. The van der Waals surface area contributed by atoms with Gasteiger partial charge in [-0.25, -0.2) is 0 Å². The Morgan fingerprint density at radius 2 is 2.25 bits per heavy atom.